The number of carbonyl (C=O) groups is 1. The van der Waals surface area contributed by atoms with Gasteiger partial charge >= 0.3 is 13.4 Å². The third-order valence-electron chi connectivity index (χ3n) is 3.70. The number of rotatable bonds is 4. The number of nitriles is 1. The van der Waals surface area contributed by atoms with Crippen molar-refractivity contribution in [1.29, 1.82) is 5.26 Å². The topological polar surface area (TPSA) is 112 Å². The van der Waals surface area contributed by atoms with Crippen molar-refractivity contribution in [3.63, 3.8) is 0 Å². The van der Waals surface area contributed by atoms with E-state index >= 15 is 0 Å². The molecule has 1 amide bonds. The molecule has 1 aliphatic heterocycles. The van der Waals surface area contributed by atoms with Gasteiger partial charge in [0, 0.05) is 25.9 Å². The average molecular weight is 362 g/mol. The Bertz CT molecular complexity index is 675. The van der Waals surface area contributed by atoms with Crippen molar-refractivity contribution in [3.8, 4) is 17.6 Å². The Morgan fingerprint density at radius 1 is 1.31 bits per heavy atom. The summed E-state index contributed by atoms with van der Waals surface area (Å²) in [6, 6.07) is 6.42. The van der Waals surface area contributed by atoms with Crippen LogP contribution < -0.4 is 9.39 Å². The van der Waals surface area contributed by atoms with Crippen molar-refractivity contribution in [2.45, 2.75) is 45.3 Å². The summed E-state index contributed by atoms with van der Waals surface area (Å²) in [5.41, 5.74) is -0.296. The molecule has 140 valence electrons. The normalized spacial score (nSPS) is 15.2. The maximum Gasteiger partial charge on any atom is 0.707 e. The van der Waals surface area contributed by atoms with Crippen molar-refractivity contribution in [3.05, 3.63) is 23.8 Å². The Balaban J connectivity index is 1.93. The van der Waals surface area contributed by atoms with Crippen LogP contribution in [0, 0.1) is 11.3 Å². The lowest BCUT2D eigenvalue weighted by Crippen LogP contribution is -2.44. The zero-order valence-corrected chi connectivity index (χ0v) is 15.1. The molecule has 2 N–H and O–H groups in total. The van der Waals surface area contributed by atoms with Gasteiger partial charge in [0.25, 0.3) is 0 Å². The van der Waals surface area contributed by atoms with Gasteiger partial charge in [-0.3, -0.25) is 0 Å². The van der Waals surface area contributed by atoms with Crippen molar-refractivity contribution in [2.75, 3.05) is 13.1 Å². The fourth-order valence-corrected chi connectivity index (χ4v) is 2.56. The summed E-state index contributed by atoms with van der Waals surface area (Å²) in [4.78, 5) is 13.7. The highest BCUT2D eigenvalue weighted by Gasteiger charge is 2.28. The number of piperidine rings is 1. The van der Waals surface area contributed by atoms with Gasteiger partial charge in [-0.15, -0.1) is 0 Å². The zero-order valence-electron chi connectivity index (χ0n) is 15.1. The molecule has 1 fully saturated rings. The average Bonchev–Trinajstić information content (AvgIpc) is 2.54. The van der Waals surface area contributed by atoms with Gasteiger partial charge in [0.05, 0.1) is 5.56 Å². The molecule has 0 saturated carbocycles. The number of hydrogen-bond donors (Lipinski definition) is 2. The van der Waals surface area contributed by atoms with E-state index in [0.29, 0.717) is 31.7 Å². The van der Waals surface area contributed by atoms with Gasteiger partial charge in [0.2, 0.25) is 0 Å². The number of carbonyl (C=O) groups excluding carboxylic acids is 1. The van der Waals surface area contributed by atoms with E-state index in [1.54, 1.807) is 11.0 Å². The molecule has 1 aromatic carbocycles. The molecule has 26 heavy (non-hydrogen) atoms. The molecular formula is C17H23BN2O6. The Labute approximate surface area is 153 Å². The minimum absolute atomic E-state index is 0.129. The third kappa shape index (κ3) is 5.83. The molecule has 1 heterocycles. The Kier molecular flexibility index (Phi) is 6.34. The van der Waals surface area contributed by atoms with Crippen LogP contribution in [0.5, 0.6) is 11.5 Å². The highest BCUT2D eigenvalue weighted by Crippen LogP contribution is 2.27. The molecule has 0 radical (unpaired) electrons. The van der Waals surface area contributed by atoms with Gasteiger partial charge in [-0.2, -0.15) is 5.26 Å². The van der Waals surface area contributed by atoms with E-state index in [4.69, 9.17) is 24.2 Å². The monoisotopic (exact) mass is 362 g/mol. The minimum atomic E-state index is -1.95. The molecule has 0 aromatic heterocycles. The van der Waals surface area contributed by atoms with Crippen LogP contribution in [0.15, 0.2) is 18.2 Å². The van der Waals surface area contributed by atoms with Crippen LogP contribution in [-0.4, -0.2) is 53.2 Å². The molecule has 1 aromatic rings. The van der Waals surface area contributed by atoms with E-state index in [1.165, 1.54) is 12.1 Å². The van der Waals surface area contributed by atoms with E-state index in [0.717, 1.165) is 0 Å². The summed E-state index contributed by atoms with van der Waals surface area (Å²) >= 11 is 0. The molecule has 1 aliphatic rings. The summed E-state index contributed by atoms with van der Waals surface area (Å²) in [6.45, 7) is 6.51. The number of ether oxygens (including phenoxy) is 2. The summed E-state index contributed by atoms with van der Waals surface area (Å²) in [5, 5.41) is 26.9. The highest BCUT2D eigenvalue weighted by atomic mass is 16.6. The molecule has 0 aliphatic carbocycles. The van der Waals surface area contributed by atoms with Gasteiger partial charge in [0.15, 0.2) is 0 Å². The first-order valence-electron chi connectivity index (χ1n) is 8.39. The van der Waals surface area contributed by atoms with Gasteiger partial charge in [0.1, 0.15) is 29.3 Å². The summed E-state index contributed by atoms with van der Waals surface area (Å²) in [5.74, 6) is 0.548. The second-order valence-electron chi connectivity index (χ2n) is 7.00. The predicted molar refractivity (Wildman–Crippen MR) is 93.4 cm³/mol. The van der Waals surface area contributed by atoms with Crippen LogP contribution in [0.25, 0.3) is 0 Å². The fraction of sp³-hybridized carbons (Fsp3) is 0.529. The lowest BCUT2D eigenvalue weighted by Gasteiger charge is -2.33. The Morgan fingerprint density at radius 2 is 1.96 bits per heavy atom. The van der Waals surface area contributed by atoms with E-state index in [2.05, 4.69) is 0 Å². The van der Waals surface area contributed by atoms with Gasteiger partial charge in [-0.1, -0.05) is 0 Å². The second-order valence-corrected chi connectivity index (χ2v) is 7.00. The molecule has 0 bridgehead atoms. The number of nitrogens with zero attached hydrogens (tertiary/aromatic N) is 2. The van der Waals surface area contributed by atoms with Crippen molar-refractivity contribution < 1.29 is 29.0 Å². The third-order valence-corrected chi connectivity index (χ3v) is 3.70. The smallest absolute Gasteiger partial charge is 0.512 e. The van der Waals surface area contributed by atoms with E-state index in [-0.39, 0.29) is 23.5 Å². The van der Waals surface area contributed by atoms with Crippen molar-refractivity contribution >= 4 is 13.4 Å². The minimum Gasteiger partial charge on any atom is -0.512 e. The van der Waals surface area contributed by atoms with E-state index in [9.17, 15) is 10.1 Å². The zero-order chi connectivity index (χ0) is 19.3. The maximum absolute atomic E-state index is 12.1. The van der Waals surface area contributed by atoms with Gasteiger partial charge in [-0.05, 0) is 39.0 Å². The molecule has 0 spiro atoms. The lowest BCUT2D eigenvalue weighted by atomic mass is 10.1. The first-order valence-corrected chi connectivity index (χ1v) is 8.39. The van der Waals surface area contributed by atoms with Crippen LogP contribution in [0.1, 0.15) is 39.2 Å². The highest BCUT2D eigenvalue weighted by molar-refractivity contribution is 6.33. The SMILES string of the molecule is CC(C)(C)OC(=O)N1CCC(Oc2ccc(OB(O)O)cc2C#N)CC1. The maximum atomic E-state index is 12.1. The summed E-state index contributed by atoms with van der Waals surface area (Å²) in [6.07, 6.45) is 0.781. The number of hydrogen-bond acceptors (Lipinski definition) is 7. The van der Waals surface area contributed by atoms with E-state index < -0.39 is 12.9 Å². The molecule has 9 heteroatoms. The quantitative estimate of drug-likeness (QED) is 0.784. The molecule has 8 nitrogen and oxygen atoms in total. The van der Waals surface area contributed by atoms with Crippen LogP contribution in [0.4, 0.5) is 4.79 Å². The predicted octanol–water partition coefficient (Wildman–Crippen LogP) is 1.68. The van der Waals surface area contributed by atoms with Gasteiger partial charge < -0.3 is 29.1 Å². The summed E-state index contributed by atoms with van der Waals surface area (Å²) < 4.78 is 16.0. The van der Waals surface area contributed by atoms with Crippen LogP contribution in [-0.2, 0) is 4.74 Å². The molecule has 2 rings (SSSR count). The van der Waals surface area contributed by atoms with E-state index in [1.807, 2.05) is 26.8 Å². The van der Waals surface area contributed by atoms with Crippen LogP contribution in [0.2, 0.25) is 0 Å². The Morgan fingerprint density at radius 3 is 2.50 bits per heavy atom. The molecule has 0 atom stereocenters. The molecule has 1 saturated heterocycles. The largest absolute Gasteiger partial charge is 0.707 e. The van der Waals surface area contributed by atoms with Crippen LogP contribution in [0.3, 0.4) is 0 Å². The standard InChI is InChI=1S/C17H23BN2O6/c1-17(2,3)25-16(21)20-8-6-13(7-9-20)24-15-5-4-14(26-18(22)23)10-12(15)11-19/h4-5,10,13,22-23H,6-9H2,1-3H3. The molecule has 0 unspecified atom stereocenters. The Hall–Kier alpha value is -2.44. The number of benzene rings is 1. The summed E-state index contributed by atoms with van der Waals surface area (Å²) in [7, 11) is -1.95. The van der Waals surface area contributed by atoms with Crippen molar-refractivity contribution in [1.82, 2.24) is 4.90 Å². The van der Waals surface area contributed by atoms with Crippen LogP contribution >= 0.6 is 0 Å². The first-order chi connectivity index (χ1) is 12.2. The lowest BCUT2D eigenvalue weighted by molar-refractivity contribution is 0.0126. The van der Waals surface area contributed by atoms with Crippen molar-refractivity contribution in [2.24, 2.45) is 0 Å². The van der Waals surface area contributed by atoms with Gasteiger partial charge in [-0.25, -0.2) is 4.79 Å². The second kappa shape index (κ2) is 8.30. The number of amides is 1. The first kappa shape index (κ1) is 19.9. The number of likely N-dealkylation sites (tertiary alicyclic amines) is 1. The fourth-order valence-electron chi connectivity index (χ4n) is 2.56. The molecular weight excluding hydrogens is 339 g/mol.